The number of aromatic nitrogens is 3. The van der Waals surface area contributed by atoms with Crippen LogP contribution in [0.5, 0.6) is 11.5 Å². The van der Waals surface area contributed by atoms with E-state index >= 15 is 0 Å². The van der Waals surface area contributed by atoms with Crippen LogP contribution >= 0.6 is 0 Å². The smallest absolute Gasteiger partial charge is 0.248 e. The summed E-state index contributed by atoms with van der Waals surface area (Å²) in [5, 5.41) is 11.4. The van der Waals surface area contributed by atoms with E-state index in [1.807, 2.05) is 75.4 Å². The quantitative estimate of drug-likeness (QED) is 0.360. The van der Waals surface area contributed by atoms with Gasteiger partial charge >= 0.3 is 0 Å². The zero-order valence-corrected chi connectivity index (χ0v) is 22.3. The number of carbonyl (C=O) groups is 2. The van der Waals surface area contributed by atoms with Gasteiger partial charge in [0.2, 0.25) is 11.8 Å². The Morgan fingerprint density at radius 1 is 0.974 bits per heavy atom. The van der Waals surface area contributed by atoms with E-state index in [9.17, 15) is 9.59 Å². The van der Waals surface area contributed by atoms with Crippen LogP contribution in [0.2, 0.25) is 0 Å². The Morgan fingerprint density at radius 3 is 2.37 bits per heavy atom. The molecule has 0 aliphatic rings. The Hall–Kier alpha value is -4.40. The average molecular weight is 516 g/mol. The number of ether oxygens (including phenoxy) is 2. The van der Waals surface area contributed by atoms with E-state index in [2.05, 4.69) is 15.6 Å². The zero-order valence-electron chi connectivity index (χ0n) is 22.3. The van der Waals surface area contributed by atoms with Crippen molar-refractivity contribution in [2.45, 2.75) is 45.4 Å². The van der Waals surface area contributed by atoms with Gasteiger partial charge in [0.25, 0.3) is 0 Å². The molecule has 1 heterocycles. The van der Waals surface area contributed by atoms with E-state index in [0.717, 1.165) is 11.1 Å². The average Bonchev–Trinajstić information content (AvgIpc) is 3.30. The summed E-state index contributed by atoms with van der Waals surface area (Å²) >= 11 is 0. The van der Waals surface area contributed by atoms with Gasteiger partial charge in [-0.2, -0.15) is 0 Å². The van der Waals surface area contributed by atoms with Gasteiger partial charge in [0.05, 0.1) is 19.7 Å². The van der Waals surface area contributed by atoms with Crippen molar-refractivity contribution in [2.24, 2.45) is 0 Å². The Kier molecular flexibility index (Phi) is 7.95. The predicted molar refractivity (Wildman–Crippen MR) is 145 cm³/mol. The lowest BCUT2D eigenvalue weighted by Crippen LogP contribution is -2.49. The number of nitrogens with one attached hydrogen (secondary N) is 1. The van der Waals surface area contributed by atoms with Crippen molar-refractivity contribution in [3.05, 3.63) is 83.9 Å². The fourth-order valence-electron chi connectivity index (χ4n) is 4.30. The highest BCUT2D eigenvalue weighted by Gasteiger charge is 2.36. The third-order valence-corrected chi connectivity index (χ3v) is 6.01. The van der Waals surface area contributed by atoms with Gasteiger partial charge in [-0.15, -0.1) is 5.10 Å². The first kappa shape index (κ1) is 26.7. The molecule has 0 spiro atoms. The van der Waals surface area contributed by atoms with Crippen molar-refractivity contribution >= 4 is 22.8 Å². The molecular formula is C29H33N5O4. The van der Waals surface area contributed by atoms with Gasteiger partial charge in [-0.25, -0.2) is 4.68 Å². The highest BCUT2D eigenvalue weighted by molar-refractivity contribution is 5.90. The third-order valence-electron chi connectivity index (χ3n) is 6.01. The second kappa shape index (κ2) is 11.3. The molecule has 9 nitrogen and oxygen atoms in total. The van der Waals surface area contributed by atoms with Crippen molar-refractivity contribution in [3.63, 3.8) is 0 Å². The first-order valence-corrected chi connectivity index (χ1v) is 12.4. The summed E-state index contributed by atoms with van der Waals surface area (Å²) in [5.74, 6) is 0.376. The predicted octanol–water partition coefficient (Wildman–Crippen LogP) is 4.13. The van der Waals surface area contributed by atoms with Crippen molar-refractivity contribution in [2.75, 3.05) is 14.2 Å². The fourth-order valence-corrected chi connectivity index (χ4v) is 4.30. The molecule has 0 fully saturated rings. The minimum Gasteiger partial charge on any atom is -0.497 e. The number of hydrogen-bond donors (Lipinski definition) is 1. The molecule has 1 N–H and O–H groups in total. The number of amides is 2. The van der Waals surface area contributed by atoms with E-state index in [0.29, 0.717) is 22.6 Å². The summed E-state index contributed by atoms with van der Waals surface area (Å²) in [7, 11) is 3.09. The van der Waals surface area contributed by atoms with Crippen LogP contribution in [0.1, 0.15) is 37.9 Å². The standard InChI is InChI=1S/C29H33N5O4/c1-29(2,3)30-28(36)27(22-17-21(37-4)15-16-25(22)38-5)33(18-20-11-7-6-8-12-20)26(35)19-34-24-14-10-9-13-23(24)31-32-34/h6-17,27H,18-19H2,1-5H3,(H,30,36)/t27-/m1/s1. The molecule has 4 aromatic rings. The van der Waals surface area contributed by atoms with Gasteiger partial charge in [0.1, 0.15) is 29.6 Å². The summed E-state index contributed by atoms with van der Waals surface area (Å²) in [5.41, 5.74) is 2.27. The van der Waals surface area contributed by atoms with Gasteiger partial charge in [-0.05, 0) is 56.7 Å². The van der Waals surface area contributed by atoms with E-state index in [1.54, 1.807) is 34.9 Å². The summed E-state index contributed by atoms with van der Waals surface area (Å²) in [4.78, 5) is 29.6. The Labute approximate surface area is 222 Å². The van der Waals surface area contributed by atoms with Gasteiger partial charge in [-0.3, -0.25) is 9.59 Å². The first-order chi connectivity index (χ1) is 18.2. The molecule has 0 unspecified atom stereocenters. The molecule has 9 heteroatoms. The summed E-state index contributed by atoms with van der Waals surface area (Å²) in [6.45, 7) is 5.79. The lowest BCUT2D eigenvalue weighted by atomic mass is 9.99. The van der Waals surface area contributed by atoms with Crippen LogP contribution in [-0.4, -0.2) is 51.5 Å². The second-order valence-electron chi connectivity index (χ2n) is 9.99. The van der Waals surface area contributed by atoms with E-state index in [-0.39, 0.29) is 24.9 Å². The van der Waals surface area contributed by atoms with Crippen molar-refractivity contribution in [1.82, 2.24) is 25.2 Å². The molecule has 0 bridgehead atoms. The van der Waals surface area contributed by atoms with E-state index in [4.69, 9.17) is 9.47 Å². The molecule has 0 saturated heterocycles. The summed E-state index contributed by atoms with van der Waals surface area (Å²) in [6.07, 6.45) is 0. The van der Waals surface area contributed by atoms with Gasteiger partial charge in [-0.1, -0.05) is 47.7 Å². The Morgan fingerprint density at radius 2 is 1.68 bits per heavy atom. The number of fused-ring (bicyclic) bond motifs is 1. The van der Waals surface area contributed by atoms with Gasteiger partial charge in [0.15, 0.2) is 0 Å². The lowest BCUT2D eigenvalue weighted by Gasteiger charge is -2.34. The molecule has 4 rings (SSSR count). The third kappa shape index (κ3) is 6.11. The highest BCUT2D eigenvalue weighted by Crippen LogP contribution is 2.35. The maximum atomic E-state index is 14.1. The van der Waals surface area contributed by atoms with Crippen LogP contribution in [-0.2, 0) is 22.7 Å². The topological polar surface area (TPSA) is 98.6 Å². The monoisotopic (exact) mass is 515 g/mol. The number of hydrogen-bond acceptors (Lipinski definition) is 6. The number of benzene rings is 3. The minimum absolute atomic E-state index is 0.0983. The van der Waals surface area contributed by atoms with Crippen LogP contribution in [0.15, 0.2) is 72.8 Å². The number of carbonyl (C=O) groups excluding carboxylic acids is 2. The molecule has 1 atom stereocenters. The Bertz CT molecular complexity index is 1410. The van der Waals surface area contributed by atoms with Crippen molar-refractivity contribution in [3.8, 4) is 11.5 Å². The molecule has 1 aromatic heterocycles. The van der Waals surface area contributed by atoms with E-state index < -0.39 is 11.6 Å². The number of rotatable bonds is 9. The minimum atomic E-state index is -1.01. The largest absolute Gasteiger partial charge is 0.497 e. The molecule has 198 valence electrons. The fraction of sp³-hybridized carbons (Fsp3) is 0.310. The molecule has 3 aromatic carbocycles. The van der Waals surface area contributed by atoms with Crippen LogP contribution in [0, 0.1) is 0 Å². The number of para-hydroxylation sites is 1. The van der Waals surface area contributed by atoms with Crippen LogP contribution < -0.4 is 14.8 Å². The summed E-state index contributed by atoms with van der Waals surface area (Å²) < 4.78 is 12.7. The molecular weight excluding hydrogens is 482 g/mol. The SMILES string of the molecule is COc1ccc(OC)c([C@H](C(=O)NC(C)(C)C)N(Cc2ccccc2)C(=O)Cn2nnc3ccccc32)c1. The van der Waals surface area contributed by atoms with Gasteiger partial charge in [0, 0.05) is 17.6 Å². The molecule has 0 aliphatic carbocycles. The van der Waals surface area contributed by atoms with Crippen LogP contribution in [0.4, 0.5) is 0 Å². The molecule has 0 saturated carbocycles. The lowest BCUT2D eigenvalue weighted by molar-refractivity contribution is -0.142. The Balaban J connectivity index is 1.83. The number of nitrogens with zero attached hydrogens (tertiary/aromatic N) is 4. The van der Waals surface area contributed by atoms with Crippen molar-refractivity contribution < 1.29 is 19.1 Å². The maximum absolute atomic E-state index is 14.1. The maximum Gasteiger partial charge on any atom is 0.248 e. The first-order valence-electron chi connectivity index (χ1n) is 12.4. The van der Waals surface area contributed by atoms with E-state index in [1.165, 1.54) is 7.11 Å². The molecule has 0 radical (unpaired) electrons. The van der Waals surface area contributed by atoms with Gasteiger partial charge < -0.3 is 19.7 Å². The van der Waals surface area contributed by atoms with Crippen LogP contribution in [0.3, 0.4) is 0 Å². The summed E-state index contributed by atoms with van der Waals surface area (Å²) in [6, 6.07) is 21.2. The second-order valence-corrected chi connectivity index (χ2v) is 9.99. The zero-order chi connectivity index (χ0) is 27.3. The molecule has 38 heavy (non-hydrogen) atoms. The normalized spacial score (nSPS) is 12.1. The van der Waals surface area contributed by atoms with Crippen molar-refractivity contribution in [1.29, 1.82) is 0 Å². The molecule has 2 amide bonds. The molecule has 0 aliphatic heterocycles. The number of methoxy groups -OCH3 is 2. The van der Waals surface area contributed by atoms with Crippen LogP contribution in [0.25, 0.3) is 11.0 Å². The highest BCUT2D eigenvalue weighted by atomic mass is 16.5.